The molecule has 2 N–H and O–H groups in total. The number of rotatable bonds is 8. The van der Waals surface area contributed by atoms with Crippen molar-refractivity contribution < 1.29 is 13.2 Å². The van der Waals surface area contributed by atoms with E-state index in [1.165, 1.54) is 0 Å². The maximum Gasteiger partial charge on any atom is 0.277 e. The minimum absolute atomic E-state index is 0.272. The lowest BCUT2D eigenvalue weighted by Crippen LogP contribution is -2.22. The van der Waals surface area contributed by atoms with Crippen molar-refractivity contribution in [1.82, 2.24) is 19.6 Å². The fourth-order valence-electron chi connectivity index (χ4n) is 4.16. The molecule has 2 heterocycles. The fourth-order valence-corrected chi connectivity index (χ4v) is 4.85. The van der Waals surface area contributed by atoms with E-state index in [2.05, 4.69) is 14.7 Å². The van der Waals surface area contributed by atoms with Crippen LogP contribution in [-0.2, 0) is 10.0 Å². The summed E-state index contributed by atoms with van der Waals surface area (Å²) >= 11 is 0. The number of aromatic amines is 1. The number of benzene rings is 1. The number of aryl methyl sites for hydroxylation is 1. The smallest absolute Gasteiger partial charge is 0.277 e. The van der Waals surface area contributed by atoms with Gasteiger partial charge < -0.3 is 9.72 Å². The van der Waals surface area contributed by atoms with Crippen LogP contribution in [0.15, 0.2) is 23.0 Å². The average Bonchev–Trinajstić information content (AvgIpc) is 3.40. The number of nitrogens with one attached hydrogen (secondary N) is 2. The Morgan fingerprint density at radius 2 is 2.00 bits per heavy atom. The molecule has 2 aromatic heterocycles. The van der Waals surface area contributed by atoms with Gasteiger partial charge in [0.15, 0.2) is 11.3 Å². The molecule has 0 unspecified atom stereocenters. The highest BCUT2D eigenvalue weighted by molar-refractivity contribution is 7.93. The van der Waals surface area contributed by atoms with E-state index in [-0.39, 0.29) is 11.5 Å². The average molecular weight is 474 g/mol. The Labute approximate surface area is 193 Å². The Morgan fingerprint density at radius 1 is 1.27 bits per heavy atom. The van der Waals surface area contributed by atoms with Gasteiger partial charge in [0.2, 0.25) is 10.0 Å². The van der Waals surface area contributed by atoms with E-state index >= 15 is 0 Å². The van der Waals surface area contributed by atoms with E-state index in [0.29, 0.717) is 40.6 Å². The van der Waals surface area contributed by atoms with Crippen LogP contribution in [0.5, 0.6) is 5.75 Å². The summed E-state index contributed by atoms with van der Waals surface area (Å²) in [4.78, 5) is 20.6. The minimum atomic E-state index is -3.54. The third-order valence-corrected chi connectivity index (χ3v) is 7.76. The van der Waals surface area contributed by atoms with E-state index in [9.17, 15) is 13.2 Å². The molecule has 0 spiro atoms. The van der Waals surface area contributed by atoms with Gasteiger partial charge in [0, 0.05) is 11.6 Å². The Kier molecular flexibility index (Phi) is 6.47. The molecule has 178 valence electrons. The van der Waals surface area contributed by atoms with Gasteiger partial charge in [0.1, 0.15) is 11.6 Å². The summed E-state index contributed by atoms with van der Waals surface area (Å²) in [5.41, 5.74) is 1.69. The summed E-state index contributed by atoms with van der Waals surface area (Å²) in [6.45, 7) is 7.52. The molecule has 10 heteroatoms. The van der Waals surface area contributed by atoms with Crippen LogP contribution < -0.4 is 15.0 Å². The second-order valence-corrected chi connectivity index (χ2v) is 11.1. The molecular formula is C23H31N5O4S. The van der Waals surface area contributed by atoms with Crippen LogP contribution in [0.2, 0.25) is 0 Å². The predicted molar refractivity (Wildman–Crippen MR) is 128 cm³/mol. The lowest BCUT2D eigenvalue weighted by Gasteiger charge is -2.15. The number of nitrogens with zero attached hydrogens (tertiary/aromatic N) is 3. The van der Waals surface area contributed by atoms with Gasteiger partial charge in [-0.1, -0.05) is 19.8 Å². The minimum Gasteiger partial charge on any atom is -0.493 e. The van der Waals surface area contributed by atoms with E-state index in [4.69, 9.17) is 9.84 Å². The largest absolute Gasteiger partial charge is 0.493 e. The van der Waals surface area contributed by atoms with E-state index in [1.54, 1.807) is 36.6 Å². The van der Waals surface area contributed by atoms with Crippen molar-refractivity contribution in [2.24, 2.45) is 0 Å². The van der Waals surface area contributed by atoms with E-state index in [1.807, 2.05) is 13.8 Å². The summed E-state index contributed by atoms with van der Waals surface area (Å²) < 4.78 is 35.0. The van der Waals surface area contributed by atoms with Crippen molar-refractivity contribution in [2.45, 2.75) is 71.0 Å². The number of aromatic nitrogens is 4. The first kappa shape index (κ1) is 23.3. The number of ether oxygens (including phenoxy) is 1. The maximum absolute atomic E-state index is 13.0. The zero-order valence-corrected chi connectivity index (χ0v) is 20.3. The van der Waals surface area contributed by atoms with Gasteiger partial charge in [-0.3, -0.25) is 9.52 Å². The lowest BCUT2D eigenvalue weighted by atomic mass is 10.1. The Morgan fingerprint density at radius 3 is 2.67 bits per heavy atom. The van der Waals surface area contributed by atoms with Crippen LogP contribution in [0, 0.1) is 6.92 Å². The topological polar surface area (TPSA) is 118 Å². The highest BCUT2D eigenvalue weighted by Crippen LogP contribution is 2.35. The van der Waals surface area contributed by atoms with Crippen LogP contribution in [0.25, 0.3) is 16.9 Å². The Bertz CT molecular complexity index is 1320. The Hall–Kier alpha value is -2.88. The van der Waals surface area contributed by atoms with E-state index < -0.39 is 15.3 Å². The summed E-state index contributed by atoms with van der Waals surface area (Å²) in [5, 5.41) is 4.17. The monoisotopic (exact) mass is 473 g/mol. The van der Waals surface area contributed by atoms with Gasteiger partial charge in [-0.15, -0.1) is 5.10 Å². The molecule has 9 nitrogen and oxygen atoms in total. The molecule has 3 aromatic rings. The normalized spacial score (nSPS) is 14.9. The SMILES string of the molecule is CCCOc1ccc(NS(=O)(=O)C(C)C)cc1-c1nn2c(C3CCCC3)nc(C)c2c(=O)[nH]1. The highest BCUT2D eigenvalue weighted by Gasteiger charge is 2.25. The third kappa shape index (κ3) is 4.62. The summed E-state index contributed by atoms with van der Waals surface area (Å²) in [5.74, 6) is 1.90. The van der Waals surface area contributed by atoms with Gasteiger partial charge in [-0.25, -0.2) is 17.9 Å². The molecule has 0 atom stereocenters. The second kappa shape index (κ2) is 9.17. The molecule has 0 radical (unpaired) electrons. The van der Waals surface area contributed by atoms with Crippen LogP contribution in [0.3, 0.4) is 0 Å². The van der Waals surface area contributed by atoms with Crippen molar-refractivity contribution >= 4 is 21.2 Å². The molecule has 0 saturated heterocycles. The maximum atomic E-state index is 13.0. The van der Waals surface area contributed by atoms with Gasteiger partial charge in [0.05, 0.1) is 23.1 Å². The highest BCUT2D eigenvalue weighted by atomic mass is 32.2. The van der Waals surface area contributed by atoms with Crippen LogP contribution in [0.1, 0.15) is 70.3 Å². The van der Waals surface area contributed by atoms with Crippen LogP contribution in [-0.4, -0.2) is 39.9 Å². The zero-order valence-electron chi connectivity index (χ0n) is 19.5. The Balaban J connectivity index is 1.86. The lowest BCUT2D eigenvalue weighted by molar-refractivity contribution is 0.318. The summed E-state index contributed by atoms with van der Waals surface area (Å²) in [7, 11) is -3.54. The molecule has 4 rings (SSSR count). The first-order valence-corrected chi connectivity index (χ1v) is 13.0. The van der Waals surface area contributed by atoms with Gasteiger partial charge in [-0.05, 0) is 58.2 Å². The fraction of sp³-hybridized carbons (Fsp3) is 0.522. The molecule has 1 fully saturated rings. The molecule has 1 aliphatic rings. The predicted octanol–water partition coefficient (Wildman–Crippen LogP) is 3.99. The van der Waals surface area contributed by atoms with E-state index in [0.717, 1.165) is 37.9 Å². The van der Waals surface area contributed by atoms with Crippen molar-refractivity contribution in [3.8, 4) is 17.1 Å². The second-order valence-electron chi connectivity index (χ2n) is 8.86. The van der Waals surface area contributed by atoms with Crippen molar-refractivity contribution in [2.75, 3.05) is 11.3 Å². The molecular weight excluding hydrogens is 442 g/mol. The number of fused-ring (bicyclic) bond motifs is 1. The van der Waals surface area contributed by atoms with Gasteiger partial charge >= 0.3 is 0 Å². The molecule has 33 heavy (non-hydrogen) atoms. The first-order chi connectivity index (χ1) is 15.7. The first-order valence-electron chi connectivity index (χ1n) is 11.5. The number of hydrogen-bond acceptors (Lipinski definition) is 6. The number of sulfonamides is 1. The molecule has 1 saturated carbocycles. The quantitative estimate of drug-likeness (QED) is 0.511. The number of anilines is 1. The third-order valence-electron chi connectivity index (χ3n) is 6.00. The molecule has 0 aliphatic heterocycles. The standard InChI is InChI=1S/C23H31N5O4S/c1-5-12-32-19-11-10-17(27-33(30,31)14(2)3)13-18(19)21-25-23(29)20-15(4)24-22(28(20)26-21)16-8-6-7-9-16/h10-11,13-14,16,27H,5-9,12H2,1-4H3,(H,25,26,29). The van der Waals surface area contributed by atoms with Crippen molar-refractivity contribution in [1.29, 1.82) is 0 Å². The summed E-state index contributed by atoms with van der Waals surface area (Å²) in [6, 6.07) is 4.99. The van der Waals surface area contributed by atoms with Crippen molar-refractivity contribution in [3.05, 3.63) is 40.1 Å². The van der Waals surface area contributed by atoms with Gasteiger partial charge in [-0.2, -0.15) is 0 Å². The van der Waals surface area contributed by atoms with Crippen molar-refractivity contribution in [3.63, 3.8) is 0 Å². The number of imidazole rings is 1. The number of H-pyrrole nitrogens is 1. The van der Waals surface area contributed by atoms with Gasteiger partial charge in [0.25, 0.3) is 5.56 Å². The van der Waals surface area contributed by atoms with Crippen LogP contribution >= 0.6 is 0 Å². The van der Waals surface area contributed by atoms with Crippen LogP contribution in [0.4, 0.5) is 5.69 Å². The molecule has 0 amide bonds. The molecule has 1 aromatic carbocycles. The summed E-state index contributed by atoms with van der Waals surface area (Å²) in [6.07, 6.45) is 5.14. The molecule has 1 aliphatic carbocycles. The number of hydrogen-bond donors (Lipinski definition) is 2. The zero-order chi connectivity index (χ0) is 23.8. The molecule has 0 bridgehead atoms.